The van der Waals surface area contributed by atoms with Crippen molar-refractivity contribution < 1.29 is 4.52 Å². The number of nitrogens with zero attached hydrogens (tertiary/aromatic N) is 2. The fourth-order valence-corrected chi connectivity index (χ4v) is 3.29. The molecule has 0 aliphatic carbocycles. The molecule has 1 aliphatic rings. The van der Waals surface area contributed by atoms with Crippen LogP contribution in [-0.4, -0.2) is 23.2 Å². The third kappa shape index (κ3) is 2.50. The molecule has 4 nitrogen and oxygen atoms in total. The van der Waals surface area contributed by atoms with Crippen molar-refractivity contribution in [2.45, 2.75) is 12.8 Å². The first-order valence-corrected chi connectivity index (χ1v) is 8.03. The number of rotatable bonds is 2. The number of benzene rings is 1. The Morgan fingerprint density at radius 1 is 1.05 bits per heavy atom. The quantitative estimate of drug-likeness (QED) is 0.789. The monoisotopic (exact) mass is 297 g/mol. The highest BCUT2D eigenvalue weighted by Crippen LogP contribution is 2.26. The molecule has 0 spiro atoms. The first-order chi connectivity index (χ1) is 10.4. The van der Waals surface area contributed by atoms with E-state index in [1.54, 1.807) is 11.3 Å². The van der Waals surface area contributed by atoms with Gasteiger partial charge in [0.05, 0.1) is 0 Å². The summed E-state index contributed by atoms with van der Waals surface area (Å²) in [5, 5.41) is 11.5. The van der Waals surface area contributed by atoms with Gasteiger partial charge in [0.2, 0.25) is 5.82 Å². The van der Waals surface area contributed by atoms with Crippen LogP contribution in [0.5, 0.6) is 0 Å². The lowest BCUT2D eigenvalue weighted by atomic mass is 10.00. The zero-order valence-corrected chi connectivity index (χ0v) is 12.3. The van der Waals surface area contributed by atoms with E-state index in [0.29, 0.717) is 11.7 Å². The Bertz CT molecular complexity index is 749. The van der Waals surface area contributed by atoms with Crippen LogP contribution in [0.2, 0.25) is 0 Å². The number of nitrogens with one attached hydrogen (secondary N) is 1. The summed E-state index contributed by atoms with van der Waals surface area (Å²) in [4.78, 5) is 4.51. The van der Waals surface area contributed by atoms with E-state index in [1.807, 2.05) is 16.8 Å². The first kappa shape index (κ1) is 12.7. The van der Waals surface area contributed by atoms with Crippen LogP contribution in [0, 0.1) is 0 Å². The Morgan fingerprint density at radius 3 is 2.81 bits per heavy atom. The van der Waals surface area contributed by atoms with E-state index >= 15 is 0 Å². The summed E-state index contributed by atoms with van der Waals surface area (Å²) in [7, 11) is 0. The SMILES string of the molecule is c1cc(-c2noc(-c3ccc4c(c3)CCNCC4)n2)cs1. The molecular weight excluding hydrogens is 282 g/mol. The summed E-state index contributed by atoms with van der Waals surface area (Å²) in [6.07, 6.45) is 2.13. The van der Waals surface area contributed by atoms with Crippen LogP contribution in [0.3, 0.4) is 0 Å². The number of fused-ring (bicyclic) bond motifs is 1. The normalized spacial score (nSPS) is 14.7. The van der Waals surface area contributed by atoms with Gasteiger partial charge in [-0.3, -0.25) is 0 Å². The van der Waals surface area contributed by atoms with Crippen molar-refractivity contribution in [3.05, 3.63) is 46.2 Å². The van der Waals surface area contributed by atoms with Crippen molar-refractivity contribution in [3.63, 3.8) is 0 Å². The molecule has 106 valence electrons. The second-order valence-electron chi connectivity index (χ2n) is 5.17. The van der Waals surface area contributed by atoms with Gasteiger partial charge < -0.3 is 9.84 Å². The summed E-state index contributed by atoms with van der Waals surface area (Å²) >= 11 is 1.63. The summed E-state index contributed by atoms with van der Waals surface area (Å²) < 4.78 is 5.42. The summed E-state index contributed by atoms with van der Waals surface area (Å²) in [5.41, 5.74) is 4.81. The number of hydrogen-bond acceptors (Lipinski definition) is 5. The molecule has 0 saturated heterocycles. The van der Waals surface area contributed by atoms with Crippen molar-refractivity contribution in [2.75, 3.05) is 13.1 Å². The van der Waals surface area contributed by atoms with Gasteiger partial charge in [0, 0.05) is 16.5 Å². The Labute approximate surface area is 126 Å². The molecule has 0 unspecified atom stereocenters. The average molecular weight is 297 g/mol. The van der Waals surface area contributed by atoms with Crippen LogP contribution < -0.4 is 5.32 Å². The Balaban J connectivity index is 1.69. The number of hydrogen-bond donors (Lipinski definition) is 1. The van der Waals surface area contributed by atoms with Crippen molar-refractivity contribution in [1.82, 2.24) is 15.5 Å². The number of aromatic nitrogens is 2. The van der Waals surface area contributed by atoms with Crippen molar-refractivity contribution in [2.24, 2.45) is 0 Å². The van der Waals surface area contributed by atoms with Crippen LogP contribution in [-0.2, 0) is 12.8 Å². The van der Waals surface area contributed by atoms with E-state index in [4.69, 9.17) is 4.52 Å². The molecule has 0 saturated carbocycles. The molecule has 1 N–H and O–H groups in total. The molecule has 5 heteroatoms. The largest absolute Gasteiger partial charge is 0.334 e. The van der Waals surface area contributed by atoms with Crippen LogP contribution in [0.4, 0.5) is 0 Å². The standard InChI is InChI=1S/C16H15N3OS/c1-2-13(9-12-4-7-17-6-3-11(1)12)16-18-15(19-20-16)14-5-8-21-10-14/h1-2,5,8-10,17H,3-4,6-7H2. The van der Waals surface area contributed by atoms with Crippen LogP contribution >= 0.6 is 11.3 Å². The zero-order chi connectivity index (χ0) is 14.1. The molecule has 3 heterocycles. The lowest BCUT2D eigenvalue weighted by Gasteiger charge is -2.05. The van der Waals surface area contributed by atoms with Crippen molar-refractivity contribution in [3.8, 4) is 22.8 Å². The van der Waals surface area contributed by atoms with Gasteiger partial charge in [-0.25, -0.2) is 0 Å². The van der Waals surface area contributed by atoms with Gasteiger partial charge in [0.15, 0.2) is 0 Å². The molecule has 2 aromatic heterocycles. The molecule has 1 aromatic carbocycles. The average Bonchev–Trinajstić information content (AvgIpc) is 3.14. The summed E-state index contributed by atoms with van der Waals surface area (Å²) in [6.45, 7) is 2.08. The van der Waals surface area contributed by atoms with Gasteiger partial charge in [0.1, 0.15) is 0 Å². The van der Waals surface area contributed by atoms with Gasteiger partial charge in [0.25, 0.3) is 5.89 Å². The van der Waals surface area contributed by atoms with E-state index in [0.717, 1.165) is 37.1 Å². The predicted octanol–water partition coefficient (Wildman–Crippen LogP) is 3.15. The fourth-order valence-electron chi connectivity index (χ4n) is 2.66. The minimum atomic E-state index is 0.594. The maximum atomic E-state index is 5.42. The van der Waals surface area contributed by atoms with E-state index in [1.165, 1.54) is 11.1 Å². The lowest BCUT2D eigenvalue weighted by molar-refractivity contribution is 0.432. The maximum Gasteiger partial charge on any atom is 0.258 e. The molecular formula is C16H15N3OS. The van der Waals surface area contributed by atoms with Gasteiger partial charge in [-0.15, -0.1) is 0 Å². The molecule has 0 radical (unpaired) electrons. The Morgan fingerprint density at radius 2 is 1.95 bits per heavy atom. The summed E-state index contributed by atoms with van der Waals surface area (Å²) in [6, 6.07) is 8.45. The predicted molar refractivity (Wildman–Crippen MR) is 83.3 cm³/mol. The molecule has 1 aliphatic heterocycles. The third-order valence-electron chi connectivity index (χ3n) is 3.80. The second-order valence-corrected chi connectivity index (χ2v) is 5.95. The molecule has 3 aromatic rings. The van der Waals surface area contributed by atoms with Crippen LogP contribution in [0.25, 0.3) is 22.8 Å². The van der Waals surface area contributed by atoms with Gasteiger partial charge in [-0.2, -0.15) is 16.3 Å². The maximum absolute atomic E-state index is 5.42. The summed E-state index contributed by atoms with van der Waals surface area (Å²) in [5.74, 6) is 1.25. The van der Waals surface area contributed by atoms with Gasteiger partial charge in [-0.1, -0.05) is 11.2 Å². The minimum Gasteiger partial charge on any atom is -0.334 e. The van der Waals surface area contributed by atoms with Crippen molar-refractivity contribution >= 4 is 11.3 Å². The van der Waals surface area contributed by atoms with Crippen LogP contribution in [0.1, 0.15) is 11.1 Å². The molecule has 0 bridgehead atoms. The first-order valence-electron chi connectivity index (χ1n) is 7.09. The van der Waals surface area contributed by atoms with E-state index in [9.17, 15) is 0 Å². The highest BCUT2D eigenvalue weighted by atomic mass is 32.1. The highest BCUT2D eigenvalue weighted by Gasteiger charge is 2.14. The topological polar surface area (TPSA) is 51.0 Å². The van der Waals surface area contributed by atoms with Crippen molar-refractivity contribution in [1.29, 1.82) is 0 Å². The molecule has 0 fully saturated rings. The van der Waals surface area contributed by atoms with E-state index < -0.39 is 0 Å². The highest BCUT2D eigenvalue weighted by molar-refractivity contribution is 7.08. The van der Waals surface area contributed by atoms with E-state index in [-0.39, 0.29) is 0 Å². The molecule has 21 heavy (non-hydrogen) atoms. The third-order valence-corrected chi connectivity index (χ3v) is 4.48. The molecule has 0 atom stereocenters. The van der Waals surface area contributed by atoms with Crippen LogP contribution in [0.15, 0.2) is 39.5 Å². The van der Waals surface area contributed by atoms with E-state index in [2.05, 4.69) is 33.7 Å². The van der Waals surface area contributed by atoms with Gasteiger partial charge >= 0.3 is 0 Å². The number of thiophene rings is 1. The molecule has 0 amide bonds. The minimum absolute atomic E-state index is 0.594. The van der Waals surface area contributed by atoms with Gasteiger partial charge in [-0.05, 0) is 60.6 Å². The lowest BCUT2D eigenvalue weighted by Crippen LogP contribution is -2.16. The molecule has 4 rings (SSSR count). The zero-order valence-electron chi connectivity index (χ0n) is 11.5. The Hall–Kier alpha value is -1.98. The fraction of sp³-hybridized carbons (Fsp3) is 0.250. The Kier molecular flexibility index (Phi) is 3.29. The smallest absolute Gasteiger partial charge is 0.258 e. The second kappa shape index (κ2) is 5.42.